The summed E-state index contributed by atoms with van der Waals surface area (Å²) in [5.74, 6) is 0.898. The monoisotopic (exact) mass is 355 g/mol. The molecule has 25 heavy (non-hydrogen) atoms. The minimum atomic E-state index is -0.182. The largest absolute Gasteiger partial charge is 0.497 e. The molecule has 2 aromatic heterocycles. The maximum atomic E-state index is 9.04. The van der Waals surface area contributed by atoms with Gasteiger partial charge >= 0.3 is 0 Å². The van der Waals surface area contributed by atoms with Crippen molar-refractivity contribution in [3.8, 4) is 5.75 Å². The van der Waals surface area contributed by atoms with E-state index in [1.54, 1.807) is 24.5 Å². The van der Waals surface area contributed by atoms with Crippen molar-refractivity contribution >= 4 is 28.2 Å². The predicted octanol–water partition coefficient (Wildman–Crippen LogP) is 3.80. The number of aliphatic hydroxyl groups is 1. The Hall–Kier alpha value is -2.57. The molecule has 3 N–H and O–H groups in total. The first-order chi connectivity index (χ1) is 12.0. The summed E-state index contributed by atoms with van der Waals surface area (Å²) in [5, 5.41) is 9.79. The number of aliphatic hydroxyl groups excluding tert-OH is 1. The Morgan fingerprint density at radius 2 is 1.96 bits per heavy atom. The van der Waals surface area contributed by atoms with E-state index >= 15 is 0 Å². The molecule has 0 spiro atoms. The lowest BCUT2D eigenvalue weighted by atomic mass is 10.2. The number of rotatable bonds is 4. The summed E-state index contributed by atoms with van der Waals surface area (Å²) in [6.45, 7) is 4.55. The van der Waals surface area contributed by atoms with Crippen LogP contribution in [0.15, 0.2) is 54.9 Å². The van der Waals surface area contributed by atoms with Gasteiger partial charge in [0.25, 0.3) is 0 Å². The van der Waals surface area contributed by atoms with Crippen molar-refractivity contribution in [2.45, 2.75) is 26.5 Å². The molecule has 0 aliphatic heterocycles. The Balaban J connectivity index is 0.000000181. The van der Waals surface area contributed by atoms with Crippen molar-refractivity contribution in [3.63, 3.8) is 0 Å². The maximum absolute atomic E-state index is 9.04. The standard InChI is InChI=1S/C10H15NO.C9H6N2OS/c1-8(2)12-10-6-4-3-5-9(10)7-11;12-9(13)8-2-1-6-5-10-4-3-7(6)11-8/h3-6,8H,7,11H2,1-2H3;1-5H,(H,12,13). The minimum Gasteiger partial charge on any atom is -0.497 e. The molecule has 0 aliphatic rings. The van der Waals surface area contributed by atoms with Crippen molar-refractivity contribution in [3.05, 3.63) is 66.1 Å². The van der Waals surface area contributed by atoms with Gasteiger partial charge in [-0.15, -0.1) is 0 Å². The van der Waals surface area contributed by atoms with Crippen molar-refractivity contribution in [2.24, 2.45) is 5.73 Å². The average molecular weight is 355 g/mol. The zero-order valence-electron chi connectivity index (χ0n) is 14.2. The molecule has 130 valence electrons. The molecular weight excluding hydrogens is 334 g/mol. The van der Waals surface area contributed by atoms with Gasteiger partial charge in [-0.2, -0.15) is 0 Å². The normalized spacial score (nSPS) is 10.2. The van der Waals surface area contributed by atoms with Crippen LogP contribution >= 0.6 is 12.2 Å². The lowest BCUT2D eigenvalue weighted by Gasteiger charge is -2.12. The van der Waals surface area contributed by atoms with Crippen molar-refractivity contribution in [1.82, 2.24) is 9.97 Å². The topological polar surface area (TPSA) is 81.3 Å². The van der Waals surface area contributed by atoms with Crippen LogP contribution in [0.2, 0.25) is 0 Å². The Labute approximate surface area is 152 Å². The molecule has 0 bridgehead atoms. The van der Waals surface area contributed by atoms with E-state index < -0.39 is 0 Å². The van der Waals surface area contributed by atoms with Crippen LogP contribution in [-0.2, 0) is 6.54 Å². The second kappa shape index (κ2) is 9.05. The van der Waals surface area contributed by atoms with E-state index in [0.717, 1.165) is 22.2 Å². The number of hydrogen-bond donors (Lipinski definition) is 2. The molecule has 6 heteroatoms. The van der Waals surface area contributed by atoms with E-state index in [1.165, 1.54) is 0 Å². The lowest BCUT2D eigenvalue weighted by Crippen LogP contribution is -2.08. The van der Waals surface area contributed by atoms with Gasteiger partial charge in [0, 0.05) is 29.9 Å². The highest BCUT2D eigenvalue weighted by atomic mass is 32.1. The zero-order valence-corrected chi connectivity index (χ0v) is 15.0. The molecule has 0 aliphatic carbocycles. The third-order valence-electron chi connectivity index (χ3n) is 3.26. The third-order valence-corrected chi connectivity index (χ3v) is 3.47. The van der Waals surface area contributed by atoms with Crippen LogP contribution in [0, 0.1) is 0 Å². The SMILES string of the molecule is CC(C)Oc1ccccc1CN.OC(=S)c1ccc2cnccc2n1. The molecule has 3 rings (SSSR count). The quantitative estimate of drug-likeness (QED) is 0.693. The highest BCUT2D eigenvalue weighted by Crippen LogP contribution is 2.18. The van der Waals surface area contributed by atoms with Gasteiger partial charge in [0.2, 0.25) is 5.05 Å². The molecule has 0 unspecified atom stereocenters. The van der Waals surface area contributed by atoms with E-state index in [4.69, 9.17) is 15.6 Å². The fourth-order valence-corrected chi connectivity index (χ4v) is 2.24. The molecule has 0 amide bonds. The summed E-state index contributed by atoms with van der Waals surface area (Å²) in [7, 11) is 0. The molecule has 5 nitrogen and oxygen atoms in total. The Morgan fingerprint density at radius 3 is 2.64 bits per heavy atom. The average Bonchev–Trinajstić information content (AvgIpc) is 2.62. The highest BCUT2D eigenvalue weighted by Gasteiger charge is 2.02. The second-order valence-electron chi connectivity index (χ2n) is 5.55. The summed E-state index contributed by atoms with van der Waals surface area (Å²) in [5.41, 5.74) is 7.81. The Kier molecular flexibility index (Phi) is 6.80. The summed E-state index contributed by atoms with van der Waals surface area (Å²) >= 11 is 4.60. The second-order valence-corrected chi connectivity index (χ2v) is 5.94. The zero-order chi connectivity index (χ0) is 18.2. The van der Waals surface area contributed by atoms with E-state index in [9.17, 15) is 0 Å². The van der Waals surface area contributed by atoms with Crippen molar-refractivity contribution in [1.29, 1.82) is 0 Å². The first kappa shape index (κ1) is 18.8. The number of fused-ring (bicyclic) bond motifs is 1. The number of hydrogen-bond acceptors (Lipinski definition) is 5. The van der Waals surface area contributed by atoms with Gasteiger partial charge in [0.15, 0.2) is 0 Å². The molecule has 3 aromatic rings. The number of nitrogens with two attached hydrogens (primary N) is 1. The van der Waals surface area contributed by atoms with Crippen LogP contribution in [-0.4, -0.2) is 26.2 Å². The molecule has 1 aromatic carbocycles. The predicted molar refractivity (Wildman–Crippen MR) is 104 cm³/mol. The molecule has 0 atom stereocenters. The number of para-hydroxylation sites is 1. The smallest absolute Gasteiger partial charge is 0.207 e. The van der Waals surface area contributed by atoms with Crippen LogP contribution < -0.4 is 10.5 Å². The van der Waals surface area contributed by atoms with Crippen LogP contribution in [0.5, 0.6) is 5.75 Å². The number of nitrogens with zero attached hydrogens (tertiary/aromatic N) is 2. The molecule has 0 saturated heterocycles. The number of thiocarbonyl (C=S) groups is 1. The van der Waals surface area contributed by atoms with Crippen LogP contribution in [0.4, 0.5) is 0 Å². The van der Waals surface area contributed by atoms with Crippen molar-refractivity contribution < 1.29 is 9.84 Å². The molecule has 2 heterocycles. The van der Waals surface area contributed by atoms with Crippen molar-refractivity contribution in [2.75, 3.05) is 0 Å². The summed E-state index contributed by atoms with van der Waals surface area (Å²) in [4.78, 5) is 8.10. The van der Waals surface area contributed by atoms with Crippen LogP contribution in [0.3, 0.4) is 0 Å². The van der Waals surface area contributed by atoms with Crippen LogP contribution in [0.25, 0.3) is 10.9 Å². The molecular formula is C19H21N3O2S. The number of ether oxygens (including phenoxy) is 1. The van der Waals surface area contributed by atoms with Gasteiger partial charge in [0.05, 0.1) is 11.6 Å². The minimum absolute atomic E-state index is 0.182. The van der Waals surface area contributed by atoms with Crippen LogP contribution in [0.1, 0.15) is 25.1 Å². The first-order valence-electron chi connectivity index (χ1n) is 7.90. The number of pyridine rings is 2. The fourth-order valence-electron chi connectivity index (χ4n) is 2.13. The van der Waals surface area contributed by atoms with Gasteiger partial charge in [-0.3, -0.25) is 4.98 Å². The molecule has 0 saturated carbocycles. The Morgan fingerprint density at radius 1 is 1.20 bits per heavy atom. The van der Waals surface area contributed by atoms with E-state index in [2.05, 4.69) is 22.2 Å². The lowest BCUT2D eigenvalue weighted by molar-refractivity contribution is 0.240. The highest BCUT2D eigenvalue weighted by molar-refractivity contribution is 7.80. The molecule has 0 fully saturated rings. The fraction of sp³-hybridized carbons (Fsp3) is 0.211. The van der Waals surface area contributed by atoms with Gasteiger partial charge in [0.1, 0.15) is 11.4 Å². The van der Waals surface area contributed by atoms with E-state index in [-0.39, 0.29) is 11.2 Å². The number of benzene rings is 1. The van der Waals surface area contributed by atoms with E-state index in [1.807, 2.05) is 44.2 Å². The van der Waals surface area contributed by atoms with Gasteiger partial charge in [-0.05, 0) is 50.3 Å². The summed E-state index contributed by atoms with van der Waals surface area (Å²) in [6.07, 6.45) is 3.57. The van der Waals surface area contributed by atoms with Gasteiger partial charge < -0.3 is 15.6 Å². The first-order valence-corrected chi connectivity index (χ1v) is 8.30. The maximum Gasteiger partial charge on any atom is 0.207 e. The van der Waals surface area contributed by atoms with Gasteiger partial charge in [-0.25, -0.2) is 4.98 Å². The summed E-state index contributed by atoms with van der Waals surface area (Å²) < 4.78 is 5.56. The Bertz CT molecular complexity index is 853. The summed E-state index contributed by atoms with van der Waals surface area (Å²) in [6, 6.07) is 13.1. The third kappa shape index (κ3) is 5.48. The molecule has 0 radical (unpaired) electrons. The van der Waals surface area contributed by atoms with Gasteiger partial charge in [-0.1, -0.05) is 18.2 Å². The van der Waals surface area contributed by atoms with E-state index in [0.29, 0.717) is 12.2 Å². The number of aromatic nitrogens is 2.